The molecule has 0 unspecified atom stereocenters. The van der Waals surface area contributed by atoms with E-state index in [4.69, 9.17) is 0 Å². The molecule has 0 atom stereocenters. The molecule has 2 N–H and O–H groups in total. The summed E-state index contributed by atoms with van der Waals surface area (Å²) in [4.78, 5) is 8.26. The zero-order valence-corrected chi connectivity index (χ0v) is 13.6. The lowest BCUT2D eigenvalue weighted by atomic mass is 10.2. The van der Waals surface area contributed by atoms with Gasteiger partial charge in [0.05, 0.1) is 5.71 Å². The molecule has 8 nitrogen and oxygen atoms in total. The van der Waals surface area contributed by atoms with Crippen LogP contribution in [-0.4, -0.2) is 45.8 Å². The van der Waals surface area contributed by atoms with Gasteiger partial charge in [-0.3, -0.25) is 0 Å². The number of aromatic nitrogens is 2. The first-order valence-electron chi connectivity index (χ1n) is 5.87. The summed E-state index contributed by atoms with van der Waals surface area (Å²) in [5, 5.41) is 22.1. The maximum atomic E-state index is 4.13. The molecule has 0 saturated carbocycles. The van der Waals surface area contributed by atoms with Gasteiger partial charge in [0.1, 0.15) is 0 Å². The molecule has 0 bridgehead atoms. The van der Waals surface area contributed by atoms with E-state index in [-0.39, 0.29) is 0 Å². The number of nitrogens with one attached hydrogen (secondary N) is 2. The summed E-state index contributed by atoms with van der Waals surface area (Å²) in [5.74, 6) is 0.389. The Morgan fingerprint density at radius 3 is 2.00 bits per heavy atom. The molecule has 112 valence electrons. The lowest BCUT2D eigenvalue weighted by Crippen LogP contribution is -2.17. The van der Waals surface area contributed by atoms with Crippen LogP contribution in [0.3, 0.4) is 0 Å². The van der Waals surface area contributed by atoms with Gasteiger partial charge in [0.15, 0.2) is 21.9 Å². The fraction of sp³-hybridized carbons (Fsp3) is 0.273. The molecule has 0 aliphatic heterocycles. The first kappa shape index (κ1) is 17.1. The summed E-state index contributed by atoms with van der Waals surface area (Å²) in [6, 6.07) is 1.71. The highest BCUT2D eigenvalue weighted by molar-refractivity contribution is 7.97. The topological polar surface area (TPSA) is 99.3 Å². The number of hydrogen-bond donors (Lipinski definition) is 4. The van der Waals surface area contributed by atoms with Crippen LogP contribution in [-0.2, 0) is 0 Å². The van der Waals surface area contributed by atoms with Crippen molar-refractivity contribution < 1.29 is 0 Å². The van der Waals surface area contributed by atoms with Gasteiger partial charge in [0.25, 0.3) is 0 Å². The molecule has 0 aliphatic rings. The Labute approximate surface area is 133 Å². The van der Waals surface area contributed by atoms with Crippen LogP contribution in [0.25, 0.3) is 0 Å². The van der Waals surface area contributed by atoms with Crippen molar-refractivity contribution in [3.8, 4) is 0 Å². The Morgan fingerprint density at radius 2 is 1.48 bits per heavy atom. The van der Waals surface area contributed by atoms with Crippen LogP contribution >= 0.6 is 25.3 Å². The fourth-order valence-corrected chi connectivity index (χ4v) is 1.16. The van der Waals surface area contributed by atoms with Crippen LogP contribution in [0.1, 0.15) is 12.7 Å². The highest BCUT2D eigenvalue weighted by Crippen LogP contribution is 1.99. The highest BCUT2D eigenvalue weighted by atomic mass is 32.1. The van der Waals surface area contributed by atoms with Gasteiger partial charge in [0.2, 0.25) is 0 Å². The summed E-state index contributed by atoms with van der Waals surface area (Å²) >= 11 is 8.16. The van der Waals surface area contributed by atoms with E-state index < -0.39 is 0 Å². The Balaban J connectivity index is 3.20. The summed E-state index contributed by atoms with van der Waals surface area (Å²) in [6.45, 7) is 1.72. The molecule has 0 radical (unpaired) electrons. The van der Waals surface area contributed by atoms with Gasteiger partial charge in [-0.25, -0.2) is 9.97 Å². The lowest BCUT2D eigenvalue weighted by Gasteiger charge is -2.02. The molecule has 0 aromatic carbocycles. The number of hydrogen-bond acceptors (Lipinski definition) is 6. The molecule has 1 aromatic rings. The van der Waals surface area contributed by atoms with Gasteiger partial charge in [-0.15, -0.1) is 40.6 Å². The second-order valence-electron chi connectivity index (χ2n) is 3.55. The van der Waals surface area contributed by atoms with Crippen LogP contribution in [0, 0.1) is 0 Å². The molecule has 1 aromatic heterocycles. The van der Waals surface area contributed by atoms with Crippen LogP contribution in [0.15, 0.2) is 38.9 Å². The third-order valence-electron chi connectivity index (χ3n) is 2.11. The highest BCUT2D eigenvalue weighted by Gasteiger charge is 2.11. The van der Waals surface area contributed by atoms with E-state index in [1.54, 1.807) is 39.5 Å². The minimum atomic E-state index is 0.352. The molecule has 0 saturated heterocycles. The van der Waals surface area contributed by atoms with Crippen molar-refractivity contribution in [2.24, 2.45) is 20.4 Å². The third kappa shape index (κ3) is 5.92. The van der Waals surface area contributed by atoms with E-state index in [1.807, 2.05) is 0 Å². The van der Waals surface area contributed by atoms with E-state index in [9.17, 15) is 0 Å². The molecule has 0 amide bonds. The fourth-order valence-electron chi connectivity index (χ4n) is 1.07. The zero-order valence-electron chi connectivity index (χ0n) is 11.8. The molecule has 10 heteroatoms. The Bertz CT molecular complexity index is 579. The van der Waals surface area contributed by atoms with Crippen molar-refractivity contribution in [3.63, 3.8) is 0 Å². The molecule has 21 heavy (non-hydrogen) atoms. The van der Waals surface area contributed by atoms with Crippen LogP contribution in [0.4, 0.5) is 0 Å². The predicted octanol–water partition coefficient (Wildman–Crippen LogP) is 0.567. The van der Waals surface area contributed by atoms with Crippen LogP contribution in [0.2, 0.25) is 0 Å². The van der Waals surface area contributed by atoms with E-state index >= 15 is 0 Å². The summed E-state index contributed by atoms with van der Waals surface area (Å²) < 4.78 is 0. The van der Waals surface area contributed by atoms with E-state index in [1.165, 1.54) is 0 Å². The van der Waals surface area contributed by atoms with Crippen molar-refractivity contribution in [2.45, 2.75) is 6.92 Å². The van der Waals surface area contributed by atoms with Gasteiger partial charge >= 0.3 is 0 Å². The van der Waals surface area contributed by atoms with Crippen molar-refractivity contribution in [3.05, 3.63) is 24.3 Å². The van der Waals surface area contributed by atoms with Gasteiger partial charge in [-0.1, -0.05) is 0 Å². The molecule has 0 fully saturated rings. The average Bonchev–Trinajstić information content (AvgIpc) is 2.53. The van der Waals surface area contributed by atoms with Crippen LogP contribution < -0.4 is 10.6 Å². The van der Waals surface area contributed by atoms with Crippen molar-refractivity contribution in [1.29, 1.82) is 0 Å². The SMILES string of the molecule is CN/C(S)=N/N=C(/C(C)=N/N=C(\S)NC)c1ncccn1. The molecule has 0 aliphatic carbocycles. The molecular weight excluding hydrogens is 308 g/mol. The maximum absolute atomic E-state index is 4.13. The van der Waals surface area contributed by atoms with Gasteiger partial charge in [0, 0.05) is 26.5 Å². The van der Waals surface area contributed by atoms with E-state index in [0.29, 0.717) is 27.6 Å². The van der Waals surface area contributed by atoms with Gasteiger partial charge in [-0.05, 0) is 13.0 Å². The molecular formula is C11H16N8S2. The smallest absolute Gasteiger partial charge is 0.181 e. The quantitative estimate of drug-likeness (QED) is 0.281. The lowest BCUT2D eigenvalue weighted by molar-refractivity contribution is 1.10. The van der Waals surface area contributed by atoms with Crippen molar-refractivity contribution in [2.75, 3.05) is 14.1 Å². The van der Waals surface area contributed by atoms with E-state index in [2.05, 4.69) is 66.3 Å². The summed E-state index contributed by atoms with van der Waals surface area (Å²) in [5.41, 5.74) is 0.877. The van der Waals surface area contributed by atoms with Crippen molar-refractivity contribution in [1.82, 2.24) is 20.6 Å². The average molecular weight is 324 g/mol. The number of thiol groups is 2. The minimum absolute atomic E-state index is 0.352. The normalized spacial score (nSPS) is 14.1. The second-order valence-corrected chi connectivity index (χ2v) is 4.40. The largest absolute Gasteiger partial charge is 0.366 e. The zero-order chi connectivity index (χ0) is 15.7. The number of amidine groups is 2. The standard InChI is InChI=1S/C11H16N8S2/c1-7(16-18-10(20)12-2)8(17-19-11(21)13-3)9-14-5-4-6-15-9/h4-6H,1-3H3,(H2,12,18,20)(H2,13,19,21)/b16-7+,17-8-. The van der Waals surface area contributed by atoms with Gasteiger partial charge in [-0.2, -0.15) is 5.10 Å². The number of nitrogens with zero attached hydrogens (tertiary/aromatic N) is 6. The molecule has 1 heterocycles. The Kier molecular flexibility index (Phi) is 7.40. The van der Waals surface area contributed by atoms with Crippen LogP contribution in [0.5, 0.6) is 0 Å². The minimum Gasteiger partial charge on any atom is -0.366 e. The monoisotopic (exact) mass is 324 g/mol. The Morgan fingerprint density at radius 1 is 0.952 bits per heavy atom. The third-order valence-corrected chi connectivity index (χ3v) is 2.73. The van der Waals surface area contributed by atoms with Crippen molar-refractivity contribution >= 4 is 47.0 Å². The summed E-state index contributed by atoms with van der Waals surface area (Å²) in [7, 11) is 3.38. The molecule has 1 rings (SSSR count). The first-order valence-corrected chi connectivity index (χ1v) is 6.77. The summed E-state index contributed by atoms with van der Waals surface area (Å²) in [6.07, 6.45) is 3.21. The number of rotatable bonds is 4. The molecule has 0 spiro atoms. The van der Waals surface area contributed by atoms with E-state index in [0.717, 1.165) is 0 Å². The second kappa shape index (κ2) is 9.08. The predicted molar refractivity (Wildman–Crippen MR) is 92.6 cm³/mol. The first-order chi connectivity index (χ1) is 10.1. The Hall–Kier alpha value is -1.94. The van der Waals surface area contributed by atoms with Gasteiger partial charge < -0.3 is 10.6 Å². The maximum Gasteiger partial charge on any atom is 0.181 e.